The molecule has 3 rings (SSSR count). The van der Waals surface area contributed by atoms with E-state index in [1.54, 1.807) is 13.2 Å². The predicted octanol–water partition coefficient (Wildman–Crippen LogP) is 3.00. The van der Waals surface area contributed by atoms with E-state index < -0.39 is 0 Å². The van der Waals surface area contributed by atoms with Crippen LogP contribution in [-0.4, -0.2) is 35.2 Å². The van der Waals surface area contributed by atoms with Gasteiger partial charge in [-0.2, -0.15) is 5.10 Å². The number of halogens is 1. The Bertz CT molecular complexity index is 758. The molecule has 1 aromatic heterocycles. The van der Waals surface area contributed by atoms with Gasteiger partial charge < -0.3 is 16.0 Å². The largest absolute Gasteiger partial charge is 0.356 e. The van der Waals surface area contributed by atoms with Crippen LogP contribution in [0.1, 0.15) is 31.2 Å². The second kappa shape index (κ2) is 11.7. The summed E-state index contributed by atoms with van der Waals surface area (Å²) in [6.07, 6.45) is 7.90. The molecular formula is C20H29IN6O. The lowest BCUT2D eigenvalue weighted by Gasteiger charge is -2.24. The molecule has 1 aliphatic rings. The average molecular weight is 496 g/mol. The molecule has 28 heavy (non-hydrogen) atoms. The number of hydrogen-bond donors (Lipinski definition) is 3. The maximum atomic E-state index is 12.1. The van der Waals surface area contributed by atoms with Crippen LogP contribution < -0.4 is 16.0 Å². The molecule has 152 valence electrons. The molecule has 1 fully saturated rings. The lowest BCUT2D eigenvalue weighted by atomic mass is 9.85. The third-order valence-corrected chi connectivity index (χ3v) is 4.77. The summed E-state index contributed by atoms with van der Waals surface area (Å²) in [6.45, 7) is 2.34. The van der Waals surface area contributed by atoms with Crippen LogP contribution in [-0.2, 0) is 17.9 Å². The molecular weight excluding hydrogens is 467 g/mol. The number of hydrogen-bond acceptors (Lipinski definition) is 3. The van der Waals surface area contributed by atoms with Gasteiger partial charge in [-0.15, -0.1) is 24.0 Å². The number of aryl methyl sites for hydroxylation is 1. The third-order valence-electron chi connectivity index (χ3n) is 4.77. The van der Waals surface area contributed by atoms with Crippen molar-refractivity contribution in [2.75, 3.05) is 18.9 Å². The van der Waals surface area contributed by atoms with E-state index in [1.165, 1.54) is 0 Å². The number of rotatable bonds is 8. The van der Waals surface area contributed by atoms with Gasteiger partial charge in [0.05, 0.1) is 0 Å². The minimum atomic E-state index is 0. The highest BCUT2D eigenvalue weighted by molar-refractivity contribution is 14.0. The normalized spacial score (nSPS) is 14.0. The van der Waals surface area contributed by atoms with Crippen molar-refractivity contribution in [1.29, 1.82) is 0 Å². The number of anilines is 1. The van der Waals surface area contributed by atoms with E-state index in [0.717, 1.165) is 56.0 Å². The van der Waals surface area contributed by atoms with Crippen molar-refractivity contribution >= 4 is 41.5 Å². The van der Waals surface area contributed by atoms with Gasteiger partial charge in [0.15, 0.2) is 5.96 Å². The van der Waals surface area contributed by atoms with E-state index in [2.05, 4.69) is 26.0 Å². The van der Waals surface area contributed by atoms with Gasteiger partial charge in [-0.25, -0.2) is 0 Å². The van der Waals surface area contributed by atoms with Crippen molar-refractivity contribution < 1.29 is 4.79 Å². The molecule has 1 aliphatic carbocycles. The van der Waals surface area contributed by atoms with Crippen LogP contribution >= 0.6 is 24.0 Å². The molecule has 1 aromatic carbocycles. The molecule has 1 heterocycles. The number of aliphatic imine (C=N–C) groups is 1. The Morgan fingerprint density at radius 2 is 2.14 bits per heavy atom. The number of nitrogens with zero attached hydrogens (tertiary/aromatic N) is 3. The maximum Gasteiger partial charge on any atom is 0.227 e. The molecule has 0 saturated heterocycles. The molecule has 1 amide bonds. The standard InChI is InChI=1S/C20H28N6O.HI/c1-21-20(22-10-4-12-26-13-5-11-24-26)23-15-16-6-2-9-18(14-16)25-19(27)17-7-3-8-17;/h2,5-6,9,11,13-14,17H,3-4,7-8,10,12,15H2,1H3,(H,25,27)(H2,21,22,23);1H. The zero-order valence-corrected chi connectivity index (χ0v) is 18.6. The summed E-state index contributed by atoms with van der Waals surface area (Å²) in [5, 5.41) is 13.8. The molecule has 0 radical (unpaired) electrons. The lowest BCUT2D eigenvalue weighted by molar-refractivity contribution is -0.122. The Balaban J connectivity index is 0.00000280. The highest BCUT2D eigenvalue weighted by atomic mass is 127. The van der Waals surface area contributed by atoms with E-state index in [1.807, 2.05) is 41.2 Å². The summed E-state index contributed by atoms with van der Waals surface area (Å²) in [5.74, 6) is 1.09. The summed E-state index contributed by atoms with van der Waals surface area (Å²) >= 11 is 0. The number of aromatic nitrogens is 2. The van der Waals surface area contributed by atoms with Crippen LogP contribution in [0.5, 0.6) is 0 Å². The summed E-state index contributed by atoms with van der Waals surface area (Å²) in [5.41, 5.74) is 1.95. The SMILES string of the molecule is CN=C(NCCCn1cccn1)NCc1cccc(NC(=O)C2CCC2)c1.I. The molecule has 2 aromatic rings. The minimum Gasteiger partial charge on any atom is -0.356 e. The number of nitrogens with one attached hydrogen (secondary N) is 3. The molecule has 8 heteroatoms. The van der Waals surface area contributed by atoms with Crippen LogP contribution in [0.15, 0.2) is 47.7 Å². The van der Waals surface area contributed by atoms with Gasteiger partial charge in [-0.3, -0.25) is 14.5 Å². The Hall–Kier alpha value is -2.10. The van der Waals surface area contributed by atoms with Crippen LogP contribution in [0.2, 0.25) is 0 Å². The second-order valence-electron chi connectivity index (χ2n) is 6.79. The molecule has 0 spiro atoms. The molecule has 3 N–H and O–H groups in total. The van der Waals surface area contributed by atoms with Gasteiger partial charge in [-0.1, -0.05) is 18.6 Å². The quantitative estimate of drug-likeness (QED) is 0.227. The summed E-state index contributed by atoms with van der Waals surface area (Å²) in [6, 6.07) is 9.87. The van der Waals surface area contributed by atoms with E-state index >= 15 is 0 Å². The van der Waals surface area contributed by atoms with Gasteiger partial charge in [0, 0.05) is 50.7 Å². The molecule has 0 atom stereocenters. The Kier molecular flexibility index (Phi) is 9.26. The fraction of sp³-hybridized carbons (Fsp3) is 0.450. The first kappa shape index (κ1) is 22.2. The number of guanidine groups is 1. The summed E-state index contributed by atoms with van der Waals surface area (Å²) in [7, 11) is 1.76. The monoisotopic (exact) mass is 496 g/mol. The Morgan fingerprint density at radius 1 is 1.29 bits per heavy atom. The van der Waals surface area contributed by atoms with E-state index in [0.29, 0.717) is 6.54 Å². The zero-order valence-electron chi connectivity index (χ0n) is 16.2. The Labute approximate surface area is 183 Å². The van der Waals surface area contributed by atoms with Crippen molar-refractivity contribution in [2.45, 2.75) is 38.8 Å². The fourth-order valence-electron chi connectivity index (χ4n) is 2.96. The topological polar surface area (TPSA) is 83.3 Å². The molecule has 0 unspecified atom stereocenters. The molecule has 1 saturated carbocycles. The van der Waals surface area contributed by atoms with Crippen LogP contribution in [0.3, 0.4) is 0 Å². The smallest absolute Gasteiger partial charge is 0.227 e. The third kappa shape index (κ3) is 6.81. The predicted molar refractivity (Wildman–Crippen MR) is 123 cm³/mol. The van der Waals surface area contributed by atoms with Crippen LogP contribution in [0, 0.1) is 5.92 Å². The number of carbonyl (C=O) groups is 1. The number of amides is 1. The van der Waals surface area contributed by atoms with Crippen molar-refractivity contribution in [2.24, 2.45) is 10.9 Å². The van der Waals surface area contributed by atoms with Crippen molar-refractivity contribution in [1.82, 2.24) is 20.4 Å². The average Bonchev–Trinajstić information content (AvgIpc) is 3.13. The molecule has 7 nitrogen and oxygen atoms in total. The number of carbonyl (C=O) groups excluding carboxylic acids is 1. The van der Waals surface area contributed by atoms with Crippen molar-refractivity contribution in [3.63, 3.8) is 0 Å². The summed E-state index contributed by atoms with van der Waals surface area (Å²) < 4.78 is 1.92. The minimum absolute atomic E-state index is 0. The van der Waals surface area contributed by atoms with Gasteiger partial charge in [0.25, 0.3) is 0 Å². The molecule has 0 aliphatic heterocycles. The zero-order chi connectivity index (χ0) is 18.9. The first-order valence-corrected chi connectivity index (χ1v) is 9.56. The van der Waals surface area contributed by atoms with Gasteiger partial charge in [0.2, 0.25) is 5.91 Å². The first-order chi connectivity index (χ1) is 13.2. The second-order valence-corrected chi connectivity index (χ2v) is 6.79. The first-order valence-electron chi connectivity index (χ1n) is 9.56. The van der Waals surface area contributed by atoms with Gasteiger partial charge in [0.1, 0.15) is 0 Å². The van der Waals surface area contributed by atoms with Crippen molar-refractivity contribution in [3.8, 4) is 0 Å². The van der Waals surface area contributed by atoms with Gasteiger partial charge in [-0.05, 0) is 43.0 Å². The highest BCUT2D eigenvalue weighted by Gasteiger charge is 2.25. The van der Waals surface area contributed by atoms with E-state index in [4.69, 9.17) is 0 Å². The van der Waals surface area contributed by atoms with Crippen LogP contribution in [0.4, 0.5) is 5.69 Å². The molecule has 0 bridgehead atoms. The van der Waals surface area contributed by atoms with Gasteiger partial charge >= 0.3 is 0 Å². The maximum absolute atomic E-state index is 12.1. The lowest BCUT2D eigenvalue weighted by Crippen LogP contribution is -2.37. The van der Waals surface area contributed by atoms with Crippen molar-refractivity contribution in [3.05, 3.63) is 48.3 Å². The fourth-order valence-corrected chi connectivity index (χ4v) is 2.96. The van der Waals surface area contributed by atoms with Crippen LogP contribution in [0.25, 0.3) is 0 Å². The van der Waals surface area contributed by atoms with E-state index in [-0.39, 0.29) is 35.8 Å². The number of benzene rings is 1. The van der Waals surface area contributed by atoms with E-state index in [9.17, 15) is 4.79 Å². The summed E-state index contributed by atoms with van der Waals surface area (Å²) in [4.78, 5) is 16.3. The Morgan fingerprint density at radius 3 is 2.82 bits per heavy atom. The highest BCUT2D eigenvalue weighted by Crippen LogP contribution is 2.27.